The molecule has 0 aliphatic heterocycles. The van der Waals surface area contributed by atoms with Gasteiger partial charge in [-0.1, -0.05) is 87.2 Å². The number of carboxylic acid groups (broad SMARTS) is 1. The van der Waals surface area contributed by atoms with Gasteiger partial charge in [0.05, 0.1) is 36.1 Å². The number of carbonyl (C=O) groups excluding carboxylic acids is 1. The normalized spacial score (nSPS) is 12.2. The molecule has 0 saturated carbocycles. The molecule has 2 aromatic carbocycles. The summed E-state index contributed by atoms with van der Waals surface area (Å²) in [5.74, 6) is -1.39. The van der Waals surface area contributed by atoms with Crippen molar-refractivity contribution >= 4 is 57.6 Å². The van der Waals surface area contributed by atoms with Crippen molar-refractivity contribution in [3.05, 3.63) is 68.2 Å². The number of amides is 1. The van der Waals surface area contributed by atoms with E-state index in [1.807, 2.05) is 23.6 Å². The molecule has 3 rings (SSSR count). The van der Waals surface area contributed by atoms with Gasteiger partial charge in [-0.15, -0.1) is 11.3 Å². The van der Waals surface area contributed by atoms with Gasteiger partial charge in [-0.05, 0) is 30.7 Å². The Bertz CT molecular complexity index is 1400. The summed E-state index contributed by atoms with van der Waals surface area (Å²) in [6.45, 7) is 2.23. The highest BCUT2D eigenvalue weighted by Crippen LogP contribution is 2.40. The van der Waals surface area contributed by atoms with Crippen molar-refractivity contribution in [2.45, 2.75) is 64.4 Å². The van der Waals surface area contributed by atoms with E-state index in [1.165, 1.54) is 75.2 Å². The van der Waals surface area contributed by atoms with E-state index in [0.717, 1.165) is 24.0 Å². The Morgan fingerprint density at radius 3 is 2.33 bits per heavy atom. The maximum Gasteiger partial charge on any atom is 0.371 e. The zero-order valence-electron chi connectivity index (χ0n) is 24.9. The number of thiazole rings is 1. The van der Waals surface area contributed by atoms with Gasteiger partial charge in [0.1, 0.15) is 5.75 Å². The summed E-state index contributed by atoms with van der Waals surface area (Å²) in [5.41, 5.74) is 2.83. The molecular weight excluding hydrogens is 611 g/mol. The number of para-hydroxylation sites is 1. The van der Waals surface area contributed by atoms with Gasteiger partial charge in [0.2, 0.25) is 5.76 Å². The molecule has 0 fully saturated rings. The van der Waals surface area contributed by atoms with Crippen molar-refractivity contribution in [3.8, 4) is 17.0 Å². The molecule has 1 aromatic heterocycles. The lowest BCUT2D eigenvalue weighted by molar-refractivity contribution is -0.135. The predicted octanol–water partition coefficient (Wildman–Crippen LogP) is 9.28. The first-order valence-electron chi connectivity index (χ1n) is 14.2. The number of hydrogen-bond acceptors (Lipinski definition) is 7. The van der Waals surface area contributed by atoms with Crippen LogP contribution in [0.3, 0.4) is 0 Å². The molecule has 0 aliphatic rings. The summed E-state index contributed by atoms with van der Waals surface area (Å²) in [5, 5.41) is 14.4. The molecule has 0 radical (unpaired) electrons. The molecule has 232 valence electrons. The largest absolute Gasteiger partial charge is 0.496 e. The number of carbonyl (C=O) groups is 2. The van der Waals surface area contributed by atoms with Gasteiger partial charge in [-0.25, -0.2) is 9.78 Å². The van der Waals surface area contributed by atoms with E-state index in [4.69, 9.17) is 37.4 Å². The van der Waals surface area contributed by atoms with Crippen molar-refractivity contribution in [2.24, 2.45) is 0 Å². The zero-order chi connectivity index (χ0) is 31.4. The van der Waals surface area contributed by atoms with Crippen LogP contribution in [-0.2, 0) is 14.3 Å². The number of halogens is 2. The number of benzene rings is 2. The van der Waals surface area contributed by atoms with Crippen LogP contribution in [0, 0.1) is 0 Å². The number of unbranched alkanes of at least 4 members (excludes halogenated alkanes) is 6. The molecule has 0 saturated heterocycles. The molecule has 2 N–H and O–H groups in total. The fraction of sp³-hybridized carbons (Fsp3) is 0.406. The molecule has 1 unspecified atom stereocenters. The Hall–Kier alpha value is -3.11. The average molecular weight is 650 g/mol. The second kappa shape index (κ2) is 17.3. The second-order valence-electron chi connectivity index (χ2n) is 9.93. The van der Waals surface area contributed by atoms with Crippen molar-refractivity contribution in [2.75, 3.05) is 26.6 Å². The summed E-state index contributed by atoms with van der Waals surface area (Å²) in [7, 11) is 4.58. The second-order valence-corrected chi connectivity index (χ2v) is 11.6. The van der Waals surface area contributed by atoms with Crippen LogP contribution in [0.25, 0.3) is 17.3 Å². The summed E-state index contributed by atoms with van der Waals surface area (Å²) in [4.78, 5) is 28.9. The van der Waals surface area contributed by atoms with Crippen LogP contribution in [0.4, 0.5) is 5.13 Å². The third-order valence-electron chi connectivity index (χ3n) is 7.00. The quantitative estimate of drug-likeness (QED) is 0.0853. The molecule has 3 aromatic rings. The number of nitrogens with one attached hydrogen (secondary N) is 1. The first-order chi connectivity index (χ1) is 20.7. The number of methoxy groups -OCH3 is 3. The summed E-state index contributed by atoms with van der Waals surface area (Å²) < 4.78 is 16.6. The van der Waals surface area contributed by atoms with Crippen LogP contribution in [0.15, 0.2) is 41.5 Å². The molecule has 1 amide bonds. The van der Waals surface area contributed by atoms with E-state index in [0.29, 0.717) is 16.6 Å². The molecule has 0 aliphatic carbocycles. The summed E-state index contributed by atoms with van der Waals surface area (Å²) in [6.07, 6.45) is 10.6. The first-order valence-corrected chi connectivity index (χ1v) is 15.8. The third kappa shape index (κ3) is 9.44. The van der Waals surface area contributed by atoms with E-state index in [-0.39, 0.29) is 33.0 Å². The minimum Gasteiger partial charge on any atom is -0.496 e. The number of rotatable bonds is 17. The predicted molar refractivity (Wildman–Crippen MR) is 173 cm³/mol. The Morgan fingerprint density at radius 2 is 1.72 bits per heavy atom. The lowest BCUT2D eigenvalue weighted by Gasteiger charge is -2.20. The van der Waals surface area contributed by atoms with E-state index in [2.05, 4.69) is 17.2 Å². The lowest BCUT2D eigenvalue weighted by atomic mass is 9.98. The number of nitrogens with zero attached hydrogens (tertiary/aromatic N) is 1. The fourth-order valence-electron chi connectivity index (χ4n) is 4.74. The van der Waals surface area contributed by atoms with Gasteiger partial charge in [-0.3, -0.25) is 10.1 Å². The van der Waals surface area contributed by atoms with Crippen LogP contribution >= 0.6 is 34.5 Å². The van der Waals surface area contributed by atoms with Gasteiger partial charge in [-0.2, -0.15) is 0 Å². The smallest absolute Gasteiger partial charge is 0.371 e. The third-order valence-corrected chi connectivity index (χ3v) is 8.38. The lowest BCUT2D eigenvalue weighted by Crippen LogP contribution is -2.12. The number of aromatic nitrogens is 1. The standard InChI is InChI=1S/C32H38Cl2N2O6S/c1-5-6-7-8-9-10-11-15-27(40-2)22-14-12-13-21(29(22)42-4)26-19-43-32(35-26)36-30(37)20-16-24(33)23(25(34)17-20)18-28(41-3)31(38)39/h12-14,16-19,27H,5-11,15H2,1-4H3,(H,38,39)(H,35,36,37). The summed E-state index contributed by atoms with van der Waals surface area (Å²) >= 11 is 13.9. The molecule has 0 spiro atoms. The maximum atomic E-state index is 13.0. The minimum absolute atomic E-state index is 0.0963. The number of anilines is 1. The van der Waals surface area contributed by atoms with Gasteiger partial charge in [0.15, 0.2) is 5.13 Å². The van der Waals surface area contributed by atoms with Gasteiger partial charge >= 0.3 is 5.97 Å². The highest BCUT2D eigenvalue weighted by molar-refractivity contribution is 7.14. The van der Waals surface area contributed by atoms with Crippen LogP contribution in [-0.4, -0.2) is 43.3 Å². The zero-order valence-corrected chi connectivity index (χ0v) is 27.2. The van der Waals surface area contributed by atoms with Crippen LogP contribution in [0.5, 0.6) is 5.75 Å². The van der Waals surface area contributed by atoms with Gasteiger partial charge in [0.25, 0.3) is 5.91 Å². The number of carboxylic acids is 1. The Balaban J connectivity index is 1.74. The Kier molecular flexibility index (Phi) is 13.8. The molecular formula is C32H38Cl2N2O6S. The summed E-state index contributed by atoms with van der Waals surface area (Å²) in [6, 6.07) is 8.72. The number of ether oxygens (including phenoxy) is 3. The van der Waals surface area contributed by atoms with Crippen LogP contribution in [0.2, 0.25) is 10.0 Å². The van der Waals surface area contributed by atoms with Crippen LogP contribution < -0.4 is 10.1 Å². The molecule has 11 heteroatoms. The fourth-order valence-corrected chi connectivity index (χ4v) is 6.04. The van der Waals surface area contributed by atoms with Crippen molar-refractivity contribution in [1.82, 2.24) is 4.98 Å². The average Bonchev–Trinajstić information content (AvgIpc) is 3.45. The van der Waals surface area contributed by atoms with E-state index in [1.54, 1.807) is 14.2 Å². The number of aliphatic carboxylic acids is 1. The van der Waals surface area contributed by atoms with Crippen molar-refractivity contribution < 1.29 is 28.9 Å². The molecule has 1 heterocycles. The van der Waals surface area contributed by atoms with Gasteiger partial charge < -0.3 is 19.3 Å². The highest BCUT2D eigenvalue weighted by atomic mass is 35.5. The molecule has 8 nitrogen and oxygen atoms in total. The van der Waals surface area contributed by atoms with Crippen molar-refractivity contribution in [3.63, 3.8) is 0 Å². The Morgan fingerprint density at radius 1 is 1.05 bits per heavy atom. The number of hydrogen-bond donors (Lipinski definition) is 2. The van der Waals surface area contributed by atoms with E-state index in [9.17, 15) is 14.7 Å². The topological polar surface area (TPSA) is 107 Å². The molecule has 43 heavy (non-hydrogen) atoms. The molecule has 1 atom stereocenters. The monoisotopic (exact) mass is 648 g/mol. The highest BCUT2D eigenvalue weighted by Gasteiger charge is 2.21. The Labute approximate surface area is 267 Å². The maximum absolute atomic E-state index is 13.0. The van der Waals surface area contributed by atoms with E-state index >= 15 is 0 Å². The van der Waals surface area contributed by atoms with Crippen molar-refractivity contribution in [1.29, 1.82) is 0 Å². The SMILES string of the molecule is CCCCCCCCCC(OC)c1cccc(-c2csc(NC(=O)c3cc(Cl)c(C=C(OC)C(=O)O)c(Cl)c3)n2)c1OC. The first kappa shape index (κ1) is 34.4. The molecule has 0 bridgehead atoms. The van der Waals surface area contributed by atoms with Crippen LogP contribution in [0.1, 0.15) is 85.9 Å². The minimum atomic E-state index is -1.27. The van der Waals surface area contributed by atoms with Gasteiger partial charge in [0, 0.05) is 34.7 Å². The van der Waals surface area contributed by atoms with E-state index < -0.39 is 11.9 Å².